The molecule has 0 spiro atoms. The minimum Gasteiger partial charge on any atom is -0.467 e. The summed E-state index contributed by atoms with van der Waals surface area (Å²) in [5, 5.41) is 7.62. The highest BCUT2D eigenvalue weighted by Crippen LogP contribution is 2.30. The van der Waals surface area contributed by atoms with E-state index in [1.807, 2.05) is 17.9 Å². The average molecular weight is 501 g/mol. The Morgan fingerprint density at radius 3 is 3.04 bits per heavy atom. The molecule has 0 aliphatic carbocycles. The normalized spacial score (nSPS) is 19.0. The summed E-state index contributed by atoms with van der Waals surface area (Å²) < 4.78 is 26.6. The van der Waals surface area contributed by atoms with Gasteiger partial charge in [-0.2, -0.15) is 5.10 Å². The van der Waals surface area contributed by atoms with E-state index in [-0.39, 0.29) is 36.6 Å². The van der Waals surface area contributed by atoms with Gasteiger partial charge in [0.15, 0.2) is 12.8 Å². The van der Waals surface area contributed by atoms with Crippen molar-refractivity contribution < 1.29 is 13.9 Å². The molecular weight excluding hydrogens is 476 g/mol. The minimum absolute atomic E-state index is 0. The van der Waals surface area contributed by atoms with Gasteiger partial charge in [-0.1, -0.05) is 0 Å². The number of rotatable bonds is 3. The number of hydrogen-bond acceptors (Lipinski definition) is 4. The maximum Gasteiger partial charge on any atom is 0.193 e. The summed E-state index contributed by atoms with van der Waals surface area (Å²) >= 11 is 0. The van der Waals surface area contributed by atoms with Crippen LogP contribution < -0.4 is 10.1 Å². The number of benzene rings is 1. The number of hydrogen-bond donors (Lipinski definition) is 1. The standard InChI is InChI=1S/C19H24FN5O2.HI/c1-21-19(25-4-3-13(10-25)16-8-23-24(2)9-16)22-7-14-5-17(20)6-15-11-26-12-27-18(14)15;/h5-6,8-9,13H,3-4,7,10-12H2,1-2H3,(H,21,22);1H. The van der Waals surface area contributed by atoms with Gasteiger partial charge in [0.05, 0.1) is 12.8 Å². The van der Waals surface area contributed by atoms with E-state index in [1.165, 1.54) is 17.7 Å². The lowest BCUT2D eigenvalue weighted by atomic mass is 10.0. The summed E-state index contributed by atoms with van der Waals surface area (Å²) in [5.74, 6) is 1.68. The van der Waals surface area contributed by atoms with Gasteiger partial charge in [-0.15, -0.1) is 24.0 Å². The zero-order valence-corrected chi connectivity index (χ0v) is 18.4. The number of likely N-dealkylation sites (tertiary alicyclic amines) is 1. The van der Waals surface area contributed by atoms with Gasteiger partial charge in [-0.25, -0.2) is 4.39 Å². The summed E-state index contributed by atoms with van der Waals surface area (Å²) in [7, 11) is 3.70. The number of fused-ring (bicyclic) bond motifs is 1. The van der Waals surface area contributed by atoms with E-state index in [2.05, 4.69) is 26.5 Å². The molecule has 1 saturated heterocycles. The Bertz CT molecular complexity index is 857. The van der Waals surface area contributed by atoms with Gasteiger partial charge in [0.2, 0.25) is 0 Å². The third-order valence-electron chi connectivity index (χ3n) is 5.08. The zero-order chi connectivity index (χ0) is 18.8. The van der Waals surface area contributed by atoms with Crippen LogP contribution >= 0.6 is 24.0 Å². The largest absolute Gasteiger partial charge is 0.467 e. The Hall–Kier alpha value is -1.88. The third kappa shape index (κ3) is 4.40. The smallest absolute Gasteiger partial charge is 0.193 e. The fourth-order valence-corrected chi connectivity index (χ4v) is 3.77. The number of aryl methyl sites for hydroxylation is 1. The van der Waals surface area contributed by atoms with Crippen molar-refractivity contribution in [3.05, 3.63) is 47.0 Å². The van der Waals surface area contributed by atoms with Crippen molar-refractivity contribution in [2.45, 2.75) is 25.5 Å². The van der Waals surface area contributed by atoms with Crippen LogP contribution in [-0.2, 0) is 24.9 Å². The van der Waals surface area contributed by atoms with Crippen molar-refractivity contribution in [2.24, 2.45) is 12.0 Å². The maximum atomic E-state index is 13.9. The zero-order valence-electron chi connectivity index (χ0n) is 16.0. The van der Waals surface area contributed by atoms with Crippen molar-refractivity contribution in [1.82, 2.24) is 20.0 Å². The van der Waals surface area contributed by atoms with Crippen molar-refractivity contribution in [3.63, 3.8) is 0 Å². The predicted octanol–water partition coefficient (Wildman–Crippen LogP) is 2.61. The SMILES string of the molecule is CN=C(NCc1cc(F)cc2c1OCOC2)N1CCC(c2cnn(C)c2)C1.I. The summed E-state index contributed by atoms with van der Waals surface area (Å²) in [5.41, 5.74) is 2.77. The minimum atomic E-state index is -0.285. The van der Waals surface area contributed by atoms with E-state index in [1.54, 1.807) is 7.05 Å². The third-order valence-corrected chi connectivity index (χ3v) is 5.08. The first-order chi connectivity index (χ1) is 13.1. The van der Waals surface area contributed by atoms with Gasteiger partial charge in [0.25, 0.3) is 0 Å². The highest BCUT2D eigenvalue weighted by molar-refractivity contribution is 14.0. The molecule has 0 radical (unpaired) electrons. The lowest BCUT2D eigenvalue weighted by Crippen LogP contribution is -2.39. The molecule has 2 aliphatic rings. The molecule has 1 fully saturated rings. The van der Waals surface area contributed by atoms with Gasteiger partial charge < -0.3 is 19.7 Å². The summed E-state index contributed by atoms with van der Waals surface area (Å²) in [6, 6.07) is 2.97. The summed E-state index contributed by atoms with van der Waals surface area (Å²) in [4.78, 5) is 6.63. The fraction of sp³-hybridized carbons (Fsp3) is 0.474. The average Bonchev–Trinajstić information content (AvgIpc) is 3.31. The number of nitrogens with zero attached hydrogens (tertiary/aromatic N) is 4. The van der Waals surface area contributed by atoms with Crippen LogP contribution in [0.5, 0.6) is 5.75 Å². The number of aliphatic imine (C=N–C) groups is 1. The Morgan fingerprint density at radius 2 is 2.29 bits per heavy atom. The molecule has 3 heterocycles. The van der Waals surface area contributed by atoms with Crippen LogP contribution in [0.1, 0.15) is 29.0 Å². The van der Waals surface area contributed by atoms with E-state index in [0.717, 1.165) is 36.6 Å². The quantitative estimate of drug-likeness (QED) is 0.398. The van der Waals surface area contributed by atoms with Crippen LogP contribution in [0, 0.1) is 5.82 Å². The van der Waals surface area contributed by atoms with Crippen molar-refractivity contribution in [2.75, 3.05) is 26.9 Å². The first-order valence-corrected chi connectivity index (χ1v) is 9.10. The molecule has 2 aromatic rings. The van der Waals surface area contributed by atoms with Crippen molar-refractivity contribution >= 4 is 29.9 Å². The van der Waals surface area contributed by atoms with Gasteiger partial charge in [-0.05, 0) is 24.1 Å². The molecule has 1 atom stereocenters. The van der Waals surface area contributed by atoms with Gasteiger partial charge >= 0.3 is 0 Å². The van der Waals surface area contributed by atoms with Crippen LogP contribution in [0.15, 0.2) is 29.5 Å². The Labute approximate surface area is 180 Å². The maximum absolute atomic E-state index is 13.9. The van der Waals surface area contributed by atoms with Gasteiger partial charge in [-0.3, -0.25) is 9.67 Å². The second kappa shape index (κ2) is 9.08. The molecule has 152 valence electrons. The molecule has 7 nitrogen and oxygen atoms in total. The lowest BCUT2D eigenvalue weighted by Gasteiger charge is -2.24. The van der Waals surface area contributed by atoms with Crippen LogP contribution in [0.3, 0.4) is 0 Å². The number of nitrogens with one attached hydrogen (secondary N) is 1. The number of ether oxygens (including phenoxy) is 2. The topological polar surface area (TPSA) is 63.9 Å². The van der Waals surface area contributed by atoms with E-state index in [9.17, 15) is 4.39 Å². The molecular formula is C19H25FIN5O2. The second-order valence-corrected chi connectivity index (χ2v) is 6.94. The van der Waals surface area contributed by atoms with E-state index in [0.29, 0.717) is 24.8 Å². The Morgan fingerprint density at radius 1 is 1.43 bits per heavy atom. The lowest BCUT2D eigenvalue weighted by molar-refractivity contribution is -0.0173. The molecule has 0 amide bonds. The molecule has 0 bridgehead atoms. The highest BCUT2D eigenvalue weighted by Gasteiger charge is 2.27. The monoisotopic (exact) mass is 501 g/mol. The van der Waals surface area contributed by atoms with Crippen LogP contribution in [-0.4, -0.2) is 47.6 Å². The molecule has 1 unspecified atom stereocenters. The molecule has 1 N–H and O–H groups in total. The molecule has 1 aromatic heterocycles. The highest BCUT2D eigenvalue weighted by atomic mass is 127. The van der Waals surface area contributed by atoms with Crippen LogP contribution in [0.25, 0.3) is 0 Å². The molecule has 28 heavy (non-hydrogen) atoms. The van der Waals surface area contributed by atoms with Crippen LogP contribution in [0.2, 0.25) is 0 Å². The van der Waals surface area contributed by atoms with Gasteiger partial charge in [0.1, 0.15) is 11.6 Å². The van der Waals surface area contributed by atoms with E-state index >= 15 is 0 Å². The number of halogens is 2. The molecule has 9 heteroatoms. The van der Waals surface area contributed by atoms with E-state index < -0.39 is 0 Å². The second-order valence-electron chi connectivity index (χ2n) is 6.94. The first kappa shape index (κ1) is 20.8. The fourth-order valence-electron chi connectivity index (χ4n) is 3.77. The van der Waals surface area contributed by atoms with Crippen molar-refractivity contribution in [3.8, 4) is 5.75 Å². The summed E-state index contributed by atoms with van der Waals surface area (Å²) in [6.45, 7) is 2.82. The van der Waals surface area contributed by atoms with E-state index in [4.69, 9.17) is 9.47 Å². The molecule has 2 aliphatic heterocycles. The number of aromatic nitrogens is 2. The first-order valence-electron chi connectivity index (χ1n) is 9.10. The Balaban J connectivity index is 0.00000225. The Kier molecular flexibility index (Phi) is 6.76. The van der Waals surface area contributed by atoms with Crippen molar-refractivity contribution in [1.29, 1.82) is 0 Å². The summed E-state index contributed by atoms with van der Waals surface area (Å²) in [6.07, 6.45) is 5.06. The number of guanidine groups is 1. The molecule has 1 aromatic carbocycles. The molecule has 0 saturated carbocycles. The predicted molar refractivity (Wildman–Crippen MR) is 114 cm³/mol. The van der Waals surface area contributed by atoms with Gasteiger partial charge in [0, 0.05) is 57.0 Å². The molecule has 4 rings (SSSR count). The van der Waals surface area contributed by atoms with Crippen LogP contribution in [0.4, 0.5) is 4.39 Å².